The van der Waals surface area contributed by atoms with Gasteiger partial charge in [-0.2, -0.15) is 8.78 Å². The molecule has 1 aromatic rings. The molecule has 0 atom stereocenters. The van der Waals surface area contributed by atoms with E-state index in [1.54, 1.807) is 20.8 Å². The molecular weight excluding hydrogens is 581 g/mol. The Morgan fingerprint density at radius 3 is 1.33 bits per heavy atom. The molecule has 0 saturated heterocycles. The molecule has 0 unspecified atom stereocenters. The van der Waals surface area contributed by atoms with E-state index in [0.717, 1.165) is 0 Å². The third-order valence-corrected chi connectivity index (χ3v) is 4.61. The van der Waals surface area contributed by atoms with Crippen molar-refractivity contribution in [2.75, 3.05) is 85.8 Å². The number of amides is 1. The minimum atomic E-state index is -2.35. The van der Waals surface area contributed by atoms with Gasteiger partial charge in [0.2, 0.25) is 34.8 Å². The fourth-order valence-corrected chi connectivity index (χ4v) is 2.74. The zero-order valence-electron chi connectivity index (χ0n) is 23.9. The fraction of sp³-hybridized carbons (Fsp3) is 0.692. The minimum absolute atomic E-state index is 0.0763. The average molecular weight is 620 g/mol. The number of halogens is 5. The van der Waals surface area contributed by atoms with Crippen molar-refractivity contribution in [1.29, 1.82) is 0 Å². The van der Waals surface area contributed by atoms with Gasteiger partial charge < -0.3 is 43.2 Å². The van der Waals surface area contributed by atoms with Crippen LogP contribution in [0.25, 0.3) is 0 Å². The normalized spacial score (nSPS) is 11.5. The van der Waals surface area contributed by atoms with E-state index in [4.69, 9.17) is 33.2 Å². The predicted octanol–water partition coefficient (Wildman–Crippen LogP) is 3.30. The van der Waals surface area contributed by atoms with E-state index in [9.17, 15) is 31.5 Å². The van der Waals surface area contributed by atoms with E-state index in [1.165, 1.54) is 0 Å². The Balaban J connectivity index is 1.86. The quantitative estimate of drug-likeness (QED) is 0.0517. The molecule has 1 rings (SSSR count). The Kier molecular flexibility index (Phi) is 18.8. The van der Waals surface area contributed by atoms with Gasteiger partial charge in [0, 0.05) is 6.54 Å². The van der Waals surface area contributed by atoms with Crippen LogP contribution in [0.5, 0.6) is 5.75 Å². The Morgan fingerprint density at radius 2 is 0.929 bits per heavy atom. The first-order valence-electron chi connectivity index (χ1n) is 13.1. The van der Waals surface area contributed by atoms with Gasteiger partial charge in [-0.25, -0.2) is 18.0 Å². The molecule has 1 amide bonds. The Bertz CT molecular complexity index is 920. The topological polar surface area (TPSA) is 120 Å². The summed E-state index contributed by atoms with van der Waals surface area (Å²) in [6.07, 6.45) is -0.984. The molecular formula is C26H38F5NO10. The van der Waals surface area contributed by atoms with Gasteiger partial charge in [0.05, 0.1) is 85.7 Å². The number of esters is 1. The molecule has 0 saturated carbocycles. The van der Waals surface area contributed by atoms with Crippen LogP contribution in [0, 0.1) is 29.1 Å². The third-order valence-electron chi connectivity index (χ3n) is 4.61. The SMILES string of the molecule is CC(C)(C)OC(=O)NCCOCCOCCOCCOCCOCCOCCC(=O)Oc1c(F)c(F)c(F)c(F)c1F. The van der Waals surface area contributed by atoms with Crippen molar-refractivity contribution in [3.05, 3.63) is 29.1 Å². The Hall–Kier alpha value is -2.63. The number of hydrogen-bond acceptors (Lipinski definition) is 10. The molecule has 11 nitrogen and oxygen atoms in total. The summed E-state index contributed by atoms with van der Waals surface area (Å²) in [5.74, 6) is -14.2. The summed E-state index contributed by atoms with van der Waals surface area (Å²) in [7, 11) is 0. The van der Waals surface area contributed by atoms with E-state index in [0.29, 0.717) is 59.4 Å². The summed E-state index contributed by atoms with van der Waals surface area (Å²) < 4.78 is 107. The van der Waals surface area contributed by atoms with Crippen LogP contribution in [0.2, 0.25) is 0 Å². The Morgan fingerprint density at radius 1 is 0.571 bits per heavy atom. The summed E-state index contributed by atoms with van der Waals surface area (Å²) in [4.78, 5) is 23.1. The van der Waals surface area contributed by atoms with E-state index in [2.05, 4.69) is 10.1 Å². The summed E-state index contributed by atoms with van der Waals surface area (Å²) in [6, 6.07) is 0. The maximum Gasteiger partial charge on any atom is 0.407 e. The first kappa shape index (κ1) is 37.4. The lowest BCUT2D eigenvalue weighted by Gasteiger charge is -2.19. The average Bonchev–Trinajstić information content (AvgIpc) is 2.93. The highest BCUT2D eigenvalue weighted by Gasteiger charge is 2.28. The second kappa shape index (κ2) is 21.1. The summed E-state index contributed by atoms with van der Waals surface area (Å²) in [5, 5.41) is 2.58. The molecule has 0 heterocycles. The second-order valence-corrected chi connectivity index (χ2v) is 9.23. The molecule has 0 spiro atoms. The molecule has 0 bridgehead atoms. The molecule has 0 aliphatic rings. The van der Waals surface area contributed by atoms with Crippen molar-refractivity contribution in [2.24, 2.45) is 0 Å². The zero-order valence-corrected chi connectivity index (χ0v) is 23.9. The van der Waals surface area contributed by atoms with Gasteiger partial charge in [-0.05, 0) is 20.8 Å². The summed E-state index contributed by atoms with van der Waals surface area (Å²) >= 11 is 0. The number of nitrogens with one attached hydrogen (secondary N) is 1. The highest BCUT2D eigenvalue weighted by molar-refractivity contribution is 5.72. The highest BCUT2D eigenvalue weighted by atomic mass is 19.2. The second-order valence-electron chi connectivity index (χ2n) is 9.23. The third kappa shape index (κ3) is 16.7. The monoisotopic (exact) mass is 619 g/mol. The molecule has 0 aromatic heterocycles. The van der Waals surface area contributed by atoms with Crippen molar-refractivity contribution in [3.63, 3.8) is 0 Å². The number of hydrogen-bond donors (Lipinski definition) is 1. The van der Waals surface area contributed by atoms with E-state index in [1.807, 2.05) is 0 Å². The first-order valence-corrected chi connectivity index (χ1v) is 13.1. The van der Waals surface area contributed by atoms with Gasteiger partial charge in [-0.1, -0.05) is 0 Å². The summed E-state index contributed by atoms with van der Waals surface area (Å²) in [6.45, 7) is 8.83. The molecule has 1 N–H and O–H groups in total. The Labute approximate surface area is 240 Å². The molecule has 16 heteroatoms. The van der Waals surface area contributed by atoms with Crippen molar-refractivity contribution in [1.82, 2.24) is 5.32 Å². The van der Waals surface area contributed by atoms with Crippen molar-refractivity contribution >= 4 is 12.1 Å². The lowest BCUT2D eigenvalue weighted by atomic mass is 10.2. The van der Waals surface area contributed by atoms with Gasteiger partial charge in [0.25, 0.3) is 0 Å². The summed E-state index contributed by atoms with van der Waals surface area (Å²) in [5.41, 5.74) is -0.548. The van der Waals surface area contributed by atoms with Crippen LogP contribution in [0.15, 0.2) is 0 Å². The van der Waals surface area contributed by atoms with E-state index in [-0.39, 0.29) is 26.4 Å². The molecule has 0 aliphatic carbocycles. The maximum atomic E-state index is 13.5. The number of rotatable bonds is 22. The molecule has 42 heavy (non-hydrogen) atoms. The van der Waals surface area contributed by atoms with Crippen LogP contribution in [-0.2, 0) is 38.0 Å². The number of carbonyl (C=O) groups excluding carboxylic acids is 2. The van der Waals surface area contributed by atoms with Gasteiger partial charge in [0.1, 0.15) is 5.60 Å². The largest absolute Gasteiger partial charge is 0.444 e. The maximum absolute atomic E-state index is 13.5. The van der Waals surface area contributed by atoms with Gasteiger partial charge in [-0.15, -0.1) is 0 Å². The van der Waals surface area contributed by atoms with Gasteiger partial charge >= 0.3 is 12.1 Å². The molecule has 0 radical (unpaired) electrons. The van der Waals surface area contributed by atoms with Crippen LogP contribution in [0.3, 0.4) is 0 Å². The van der Waals surface area contributed by atoms with Crippen LogP contribution < -0.4 is 10.1 Å². The number of benzene rings is 1. The predicted molar refractivity (Wildman–Crippen MR) is 136 cm³/mol. The molecule has 0 aliphatic heterocycles. The van der Waals surface area contributed by atoms with Crippen molar-refractivity contribution in [2.45, 2.75) is 32.8 Å². The lowest BCUT2D eigenvalue weighted by molar-refractivity contribution is -0.136. The van der Waals surface area contributed by atoms with Crippen LogP contribution >= 0.6 is 0 Å². The van der Waals surface area contributed by atoms with Crippen LogP contribution in [0.4, 0.5) is 26.7 Å². The van der Waals surface area contributed by atoms with Gasteiger partial charge in [-0.3, -0.25) is 4.79 Å². The van der Waals surface area contributed by atoms with Gasteiger partial charge in [0.15, 0.2) is 0 Å². The smallest absolute Gasteiger partial charge is 0.407 e. The molecule has 0 fully saturated rings. The standard InChI is InChI=1S/C26H38F5NO10/c1-26(2,3)42-25(34)32-5-7-36-9-11-38-13-15-40-17-16-39-14-12-37-10-8-35-6-4-18(33)41-24-22(30)20(28)19(27)21(29)23(24)31/h4-17H2,1-3H3,(H,32,34). The lowest BCUT2D eigenvalue weighted by Crippen LogP contribution is -2.34. The van der Waals surface area contributed by atoms with Crippen molar-refractivity contribution < 1.29 is 69.4 Å². The van der Waals surface area contributed by atoms with Crippen LogP contribution in [0.1, 0.15) is 27.2 Å². The van der Waals surface area contributed by atoms with Crippen LogP contribution in [-0.4, -0.2) is 103 Å². The molecule has 1 aromatic carbocycles. The number of alkyl carbamates (subject to hydrolysis) is 1. The highest BCUT2D eigenvalue weighted by Crippen LogP contribution is 2.29. The minimum Gasteiger partial charge on any atom is -0.444 e. The van der Waals surface area contributed by atoms with E-state index < -0.39 is 58.9 Å². The van der Waals surface area contributed by atoms with Crippen molar-refractivity contribution in [3.8, 4) is 5.75 Å². The molecule has 242 valence electrons. The fourth-order valence-electron chi connectivity index (χ4n) is 2.74. The van der Waals surface area contributed by atoms with E-state index >= 15 is 0 Å². The number of ether oxygens (including phenoxy) is 8. The number of carbonyl (C=O) groups is 2. The first-order chi connectivity index (χ1) is 19.9. The zero-order chi connectivity index (χ0) is 31.4.